The van der Waals surface area contributed by atoms with Gasteiger partial charge in [0.05, 0.1) is 0 Å². The van der Waals surface area contributed by atoms with Crippen molar-refractivity contribution in [2.75, 3.05) is 0 Å². The van der Waals surface area contributed by atoms with Crippen LogP contribution in [0.15, 0.2) is 0 Å². The van der Waals surface area contributed by atoms with Gasteiger partial charge in [0.1, 0.15) is 6.10 Å². The summed E-state index contributed by atoms with van der Waals surface area (Å²) >= 11 is 0. The summed E-state index contributed by atoms with van der Waals surface area (Å²) in [6.07, 6.45) is 4.40. The van der Waals surface area contributed by atoms with Crippen molar-refractivity contribution < 1.29 is 9.53 Å². The molecule has 2 saturated carbocycles. The minimum Gasteiger partial charge on any atom is -0.463 e. The Bertz CT molecular complexity index is 234. The Kier molecular flexibility index (Phi) is 2.30. The highest BCUT2D eigenvalue weighted by atomic mass is 16.5. The largest absolute Gasteiger partial charge is 0.463 e. The molecule has 0 amide bonds. The molecule has 14 heavy (non-hydrogen) atoms. The van der Waals surface area contributed by atoms with Crippen LogP contribution >= 0.6 is 0 Å². The maximum atomic E-state index is 10.8. The van der Waals surface area contributed by atoms with Crippen LogP contribution in [0.25, 0.3) is 0 Å². The van der Waals surface area contributed by atoms with Crippen molar-refractivity contribution in [3.63, 3.8) is 0 Å². The summed E-state index contributed by atoms with van der Waals surface area (Å²) in [4.78, 5) is 10.8. The van der Waals surface area contributed by atoms with Crippen molar-refractivity contribution in [2.24, 2.45) is 17.6 Å². The lowest BCUT2D eigenvalue weighted by atomic mass is 9.97. The standard InChI is InChI=1S/C11H19NO2/c1-7(13)14-10-3-8-5-11(2,12)6-9(8)4-10/h8-10H,3-6,12H2,1-2H3. The summed E-state index contributed by atoms with van der Waals surface area (Å²) < 4.78 is 5.24. The Labute approximate surface area is 85.0 Å². The second kappa shape index (κ2) is 3.23. The van der Waals surface area contributed by atoms with E-state index in [0.717, 1.165) is 25.7 Å². The van der Waals surface area contributed by atoms with Gasteiger partial charge in [-0.3, -0.25) is 4.79 Å². The first-order valence-electron chi connectivity index (χ1n) is 5.42. The van der Waals surface area contributed by atoms with E-state index in [1.165, 1.54) is 6.92 Å². The van der Waals surface area contributed by atoms with Gasteiger partial charge in [-0.05, 0) is 44.4 Å². The van der Waals surface area contributed by atoms with E-state index in [4.69, 9.17) is 10.5 Å². The zero-order valence-corrected chi connectivity index (χ0v) is 8.95. The molecule has 2 unspecified atom stereocenters. The number of hydrogen-bond acceptors (Lipinski definition) is 3. The van der Waals surface area contributed by atoms with E-state index in [0.29, 0.717) is 11.8 Å². The first kappa shape index (κ1) is 9.97. The number of nitrogens with two attached hydrogens (primary N) is 1. The van der Waals surface area contributed by atoms with Gasteiger partial charge in [0.15, 0.2) is 0 Å². The Morgan fingerprint density at radius 1 is 1.36 bits per heavy atom. The SMILES string of the molecule is CC(=O)OC1CC2CC(C)(N)CC2C1. The lowest BCUT2D eigenvalue weighted by Gasteiger charge is -2.20. The molecule has 2 N–H and O–H groups in total. The molecule has 0 saturated heterocycles. The summed E-state index contributed by atoms with van der Waals surface area (Å²) in [5, 5.41) is 0. The molecule has 0 aromatic rings. The van der Waals surface area contributed by atoms with Crippen LogP contribution in [-0.4, -0.2) is 17.6 Å². The molecule has 2 rings (SSSR count). The van der Waals surface area contributed by atoms with Crippen LogP contribution in [0.4, 0.5) is 0 Å². The molecule has 3 heteroatoms. The predicted molar refractivity (Wildman–Crippen MR) is 53.6 cm³/mol. The van der Waals surface area contributed by atoms with E-state index in [2.05, 4.69) is 6.92 Å². The summed E-state index contributed by atoms with van der Waals surface area (Å²) in [7, 11) is 0. The maximum absolute atomic E-state index is 10.8. The molecule has 0 aromatic carbocycles. The molecule has 0 radical (unpaired) electrons. The highest BCUT2D eigenvalue weighted by Crippen LogP contribution is 2.48. The van der Waals surface area contributed by atoms with Crippen LogP contribution in [0.3, 0.4) is 0 Å². The van der Waals surface area contributed by atoms with E-state index >= 15 is 0 Å². The maximum Gasteiger partial charge on any atom is 0.302 e. The fourth-order valence-corrected chi connectivity index (χ4v) is 3.27. The fraction of sp³-hybridized carbons (Fsp3) is 0.909. The quantitative estimate of drug-likeness (QED) is 0.647. The molecule has 0 aliphatic heterocycles. The molecule has 0 spiro atoms. The third kappa shape index (κ3) is 1.92. The Balaban J connectivity index is 1.90. The van der Waals surface area contributed by atoms with Gasteiger partial charge in [0, 0.05) is 12.5 Å². The summed E-state index contributed by atoms with van der Waals surface area (Å²) in [5.41, 5.74) is 6.13. The van der Waals surface area contributed by atoms with Gasteiger partial charge in [-0.1, -0.05) is 0 Å². The van der Waals surface area contributed by atoms with Gasteiger partial charge in [-0.2, -0.15) is 0 Å². The molecular formula is C11H19NO2. The molecule has 0 aromatic heterocycles. The van der Waals surface area contributed by atoms with Crippen molar-refractivity contribution in [1.82, 2.24) is 0 Å². The second-order valence-corrected chi connectivity index (χ2v) is 5.29. The van der Waals surface area contributed by atoms with E-state index in [1.807, 2.05) is 0 Å². The zero-order chi connectivity index (χ0) is 10.3. The van der Waals surface area contributed by atoms with Crippen LogP contribution in [0.1, 0.15) is 39.5 Å². The molecule has 0 heterocycles. The van der Waals surface area contributed by atoms with Gasteiger partial charge < -0.3 is 10.5 Å². The smallest absolute Gasteiger partial charge is 0.302 e. The Morgan fingerprint density at radius 3 is 2.29 bits per heavy atom. The van der Waals surface area contributed by atoms with Crippen molar-refractivity contribution in [2.45, 2.75) is 51.2 Å². The number of hydrogen-bond donors (Lipinski definition) is 1. The van der Waals surface area contributed by atoms with Gasteiger partial charge in [-0.25, -0.2) is 0 Å². The van der Waals surface area contributed by atoms with Gasteiger partial charge in [0.25, 0.3) is 0 Å². The van der Waals surface area contributed by atoms with Crippen LogP contribution in [-0.2, 0) is 9.53 Å². The van der Waals surface area contributed by atoms with Crippen molar-refractivity contribution in [3.05, 3.63) is 0 Å². The van der Waals surface area contributed by atoms with Gasteiger partial charge in [-0.15, -0.1) is 0 Å². The van der Waals surface area contributed by atoms with Gasteiger partial charge >= 0.3 is 5.97 Å². The van der Waals surface area contributed by atoms with E-state index in [-0.39, 0.29) is 17.6 Å². The normalized spacial score (nSPS) is 46.4. The molecule has 2 aliphatic rings. The fourth-order valence-electron chi connectivity index (χ4n) is 3.27. The van der Waals surface area contributed by atoms with Crippen molar-refractivity contribution in [1.29, 1.82) is 0 Å². The lowest BCUT2D eigenvalue weighted by molar-refractivity contribution is -0.146. The first-order chi connectivity index (χ1) is 6.46. The van der Waals surface area contributed by atoms with Gasteiger partial charge in [0.2, 0.25) is 0 Å². The molecule has 80 valence electrons. The highest BCUT2D eigenvalue weighted by Gasteiger charge is 2.46. The molecular weight excluding hydrogens is 178 g/mol. The molecule has 3 nitrogen and oxygen atoms in total. The third-order valence-electron chi connectivity index (χ3n) is 3.59. The number of ether oxygens (including phenoxy) is 1. The average molecular weight is 197 g/mol. The highest BCUT2D eigenvalue weighted by molar-refractivity contribution is 5.66. The first-order valence-corrected chi connectivity index (χ1v) is 5.42. The monoisotopic (exact) mass is 197 g/mol. The van der Waals surface area contributed by atoms with E-state index in [1.54, 1.807) is 0 Å². The minimum absolute atomic E-state index is 0.0243. The summed E-state index contributed by atoms with van der Waals surface area (Å²) in [5.74, 6) is 1.23. The number of carbonyl (C=O) groups is 1. The van der Waals surface area contributed by atoms with Crippen molar-refractivity contribution in [3.8, 4) is 0 Å². The summed E-state index contributed by atoms with van der Waals surface area (Å²) in [6, 6.07) is 0. The Morgan fingerprint density at radius 2 is 1.86 bits per heavy atom. The predicted octanol–water partition coefficient (Wildman–Crippen LogP) is 1.46. The van der Waals surface area contributed by atoms with Crippen LogP contribution < -0.4 is 5.73 Å². The third-order valence-corrected chi connectivity index (χ3v) is 3.59. The zero-order valence-electron chi connectivity index (χ0n) is 8.95. The van der Waals surface area contributed by atoms with Crippen LogP contribution in [0.2, 0.25) is 0 Å². The number of carbonyl (C=O) groups excluding carboxylic acids is 1. The second-order valence-electron chi connectivity index (χ2n) is 5.29. The van der Waals surface area contributed by atoms with Crippen LogP contribution in [0, 0.1) is 11.8 Å². The number of fused-ring (bicyclic) bond motifs is 1. The van der Waals surface area contributed by atoms with E-state index < -0.39 is 0 Å². The van der Waals surface area contributed by atoms with E-state index in [9.17, 15) is 4.79 Å². The molecule has 2 fully saturated rings. The minimum atomic E-state index is -0.148. The molecule has 2 atom stereocenters. The number of esters is 1. The number of rotatable bonds is 1. The topological polar surface area (TPSA) is 52.3 Å². The van der Waals surface area contributed by atoms with Crippen LogP contribution in [0.5, 0.6) is 0 Å². The average Bonchev–Trinajstić information content (AvgIpc) is 2.38. The molecule has 0 bridgehead atoms. The lowest BCUT2D eigenvalue weighted by Crippen LogP contribution is -2.33. The van der Waals surface area contributed by atoms with Crippen molar-refractivity contribution >= 4 is 5.97 Å². The Hall–Kier alpha value is -0.570. The summed E-state index contributed by atoms with van der Waals surface area (Å²) in [6.45, 7) is 3.62. The molecule has 2 aliphatic carbocycles.